The zero-order valence-corrected chi connectivity index (χ0v) is 14.0. The van der Waals surface area contributed by atoms with E-state index in [1.165, 1.54) is 4.48 Å². The van der Waals surface area contributed by atoms with Crippen LogP contribution < -0.4 is 0 Å². The molecule has 2 fully saturated rings. The van der Waals surface area contributed by atoms with E-state index in [0.29, 0.717) is 10.9 Å². The van der Waals surface area contributed by atoms with Crippen LogP contribution >= 0.6 is 43.5 Å². The monoisotopic (exact) mass is 382 g/mol. The standard InChI is InChI=1S/C13H17Br2ClO/c1-11(16)3-4-13(7-9(11)15)6-8(14)5-10-12(13,2)17-10/h5,9-10H,3-4,6-7H2,1-2H3. The SMILES string of the molecule is CC1(Cl)CCC2(CC(Br)=CC3OC32C)CC1Br. The van der Waals surface area contributed by atoms with Gasteiger partial charge in [0.15, 0.2) is 0 Å². The molecule has 1 nitrogen and oxygen atoms in total. The summed E-state index contributed by atoms with van der Waals surface area (Å²) in [5, 5.41) is 0. The average Bonchev–Trinajstić information content (AvgIpc) is 2.86. The lowest BCUT2D eigenvalue weighted by molar-refractivity contribution is 0.0640. The van der Waals surface area contributed by atoms with Crippen molar-refractivity contribution in [1.29, 1.82) is 0 Å². The Bertz CT molecular complexity index is 395. The van der Waals surface area contributed by atoms with Gasteiger partial charge < -0.3 is 4.74 Å². The number of alkyl halides is 2. The molecule has 1 saturated heterocycles. The van der Waals surface area contributed by atoms with Crippen LogP contribution in [0.5, 0.6) is 0 Å². The summed E-state index contributed by atoms with van der Waals surface area (Å²) < 4.78 is 7.28. The fraction of sp³-hybridized carbons (Fsp3) is 0.846. The molecule has 1 heterocycles. The summed E-state index contributed by atoms with van der Waals surface area (Å²) in [7, 11) is 0. The second-order valence-corrected chi connectivity index (χ2v) is 9.15. The first-order valence-corrected chi connectivity index (χ1v) is 8.25. The molecule has 0 N–H and O–H groups in total. The van der Waals surface area contributed by atoms with Gasteiger partial charge in [-0.15, -0.1) is 11.6 Å². The molecule has 0 aromatic carbocycles. The van der Waals surface area contributed by atoms with Crippen LogP contribution in [-0.4, -0.2) is 21.4 Å². The van der Waals surface area contributed by atoms with Gasteiger partial charge >= 0.3 is 0 Å². The zero-order chi connectivity index (χ0) is 12.5. The minimum absolute atomic E-state index is 0.0453. The molecule has 0 aromatic heterocycles. The summed E-state index contributed by atoms with van der Waals surface area (Å²) in [4.78, 5) is 0.255. The molecule has 5 unspecified atom stereocenters. The number of epoxide rings is 1. The molecular formula is C13H17Br2ClO. The number of hydrogen-bond acceptors (Lipinski definition) is 1. The number of fused-ring (bicyclic) bond motifs is 2. The van der Waals surface area contributed by atoms with Gasteiger partial charge in [0.05, 0.1) is 4.87 Å². The van der Waals surface area contributed by atoms with Crippen molar-refractivity contribution in [2.75, 3.05) is 0 Å². The van der Waals surface area contributed by atoms with Gasteiger partial charge in [-0.1, -0.05) is 31.9 Å². The third kappa shape index (κ3) is 1.79. The smallest absolute Gasteiger partial charge is 0.107 e. The molecule has 1 aliphatic heterocycles. The maximum absolute atomic E-state index is 6.55. The summed E-state index contributed by atoms with van der Waals surface area (Å²) in [6.07, 6.45) is 6.94. The Labute approximate surface area is 125 Å². The first kappa shape index (κ1) is 13.0. The Hall–Kier alpha value is 0.950. The molecule has 0 aromatic rings. The van der Waals surface area contributed by atoms with Crippen LogP contribution in [0.15, 0.2) is 10.6 Å². The molecule has 1 spiro atoms. The molecule has 0 bridgehead atoms. The molecule has 2 aliphatic carbocycles. The highest BCUT2D eigenvalue weighted by Gasteiger charge is 2.68. The van der Waals surface area contributed by atoms with Gasteiger partial charge in [-0.2, -0.15) is 0 Å². The molecule has 17 heavy (non-hydrogen) atoms. The van der Waals surface area contributed by atoms with Crippen LogP contribution in [-0.2, 0) is 4.74 Å². The summed E-state index contributed by atoms with van der Waals surface area (Å²) >= 11 is 14.0. The fourth-order valence-corrected chi connectivity index (χ4v) is 5.28. The van der Waals surface area contributed by atoms with E-state index in [2.05, 4.69) is 51.8 Å². The number of rotatable bonds is 0. The largest absolute Gasteiger partial charge is 0.361 e. The quantitative estimate of drug-likeness (QED) is 0.433. The lowest BCUT2D eigenvalue weighted by Crippen LogP contribution is -2.50. The average molecular weight is 385 g/mol. The highest BCUT2D eigenvalue weighted by atomic mass is 79.9. The van der Waals surface area contributed by atoms with Crippen molar-refractivity contribution in [2.24, 2.45) is 5.41 Å². The van der Waals surface area contributed by atoms with E-state index in [1.54, 1.807) is 0 Å². The van der Waals surface area contributed by atoms with Crippen LogP contribution in [0.25, 0.3) is 0 Å². The van der Waals surface area contributed by atoms with E-state index in [1.807, 2.05) is 0 Å². The van der Waals surface area contributed by atoms with Gasteiger partial charge in [0.1, 0.15) is 11.7 Å². The van der Waals surface area contributed by atoms with Crippen LogP contribution in [0, 0.1) is 5.41 Å². The number of allylic oxidation sites excluding steroid dienone is 1. The number of ether oxygens (including phenoxy) is 1. The summed E-state index contributed by atoms with van der Waals surface area (Å²) in [5.41, 5.74) is 0.303. The Morgan fingerprint density at radius 3 is 2.76 bits per heavy atom. The highest BCUT2D eigenvalue weighted by molar-refractivity contribution is 9.11. The van der Waals surface area contributed by atoms with Gasteiger partial charge in [-0.3, -0.25) is 0 Å². The molecule has 3 aliphatic rings. The molecule has 3 rings (SSSR count). The molecule has 0 radical (unpaired) electrons. The van der Waals surface area contributed by atoms with Crippen LogP contribution in [0.2, 0.25) is 0 Å². The predicted molar refractivity (Wildman–Crippen MR) is 78.2 cm³/mol. The first-order chi connectivity index (χ1) is 7.79. The second-order valence-electron chi connectivity index (χ2n) is 6.17. The maximum Gasteiger partial charge on any atom is 0.107 e. The van der Waals surface area contributed by atoms with E-state index in [9.17, 15) is 0 Å². The van der Waals surface area contributed by atoms with Gasteiger partial charge in [-0.25, -0.2) is 0 Å². The third-order valence-electron chi connectivity index (χ3n) is 5.07. The van der Waals surface area contributed by atoms with Crippen molar-refractivity contribution < 1.29 is 4.74 Å². The van der Waals surface area contributed by atoms with E-state index in [4.69, 9.17) is 16.3 Å². The van der Waals surface area contributed by atoms with E-state index in [-0.39, 0.29) is 15.9 Å². The molecule has 0 amide bonds. The van der Waals surface area contributed by atoms with Gasteiger partial charge in [-0.05, 0) is 50.1 Å². The van der Waals surface area contributed by atoms with Crippen LogP contribution in [0.4, 0.5) is 0 Å². The maximum atomic E-state index is 6.55. The first-order valence-electron chi connectivity index (χ1n) is 6.16. The number of halogens is 3. The Morgan fingerprint density at radius 2 is 2.12 bits per heavy atom. The normalized spacial score (nSPS) is 57.6. The van der Waals surface area contributed by atoms with Gasteiger partial charge in [0.25, 0.3) is 0 Å². The van der Waals surface area contributed by atoms with Crippen LogP contribution in [0.1, 0.15) is 39.5 Å². The third-order valence-corrected chi connectivity index (χ3v) is 7.66. The van der Waals surface area contributed by atoms with Crippen molar-refractivity contribution >= 4 is 43.5 Å². The molecular weight excluding hydrogens is 367 g/mol. The lowest BCUT2D eigenvalue weighted by atomic mass is 9.59. The Balaban J connectivity index is 1.91. The zero-order valence-electron chi connectivity index (χ0n) is 10.1. The summed E-state index contributed by atoms with van der Waals surface area (Å²) in [6.45, 7) is 4.41. The van der Waals surface area contributed by atoms with E-state index in [0.717, 1.165) is 25.7 Å². The summed E-state index contributed by atoms with van der Waals surface area (Å²) in [6, 6.07) is 0. The minimum atomic E-state index is -0.111. The van der Waals surface area contributed by atoms with Crippen molar-refractivity contribution in [3.05, 3.63) is 10.6 Å². The Morgan fingerprint density at radius 1 is 1.41 bits per heavy atom. The van der Waals surface area contributed by atoms with Gasteiger partial charge in [0.2, 0.25) is 0 Å². The van der Waals surface area contributed by atoms with E-state index < -0.39 is 0 Å². The lowest BCUT2D eigenvalue weighted by Gasteiger charge is -2.49. The summed E-state index contributed by atoms with van der Waals surface area (Å²) in [5.74, 6) is 0. The van der Waals surface area contributed by atoms with E-state index >= 15 is 0 Å². The molecule has 1 saturated carbocycles. The van der Waals surface area contributed by atoms with Gasteiger partial charge in [0, 0.05) is 10.2 Å². The van der Waals surface area contributed by atoms with Crippen LogP contribution in [0.3, 0.4) is 0 Å². The second kappa shape index (κ2) is 3.74. The molecule has 96 valence electrons. The van der Waals surface area contributed by atoms with Crippen molar-refractivity contribution in [1.82, 2.24) is 0 Å². The Kier molecular flexibility index (Phi) is 2.85. The number of hydrogen-bond donors (Lipinski definition) is 0. The van der Waals surface area contributed by atoms with Crippen molar-refractivity contribution in [3.63, 3.8) is 0 Å². The highest BCUT2D eigenvalue weighted by Crippen LogP contribution is 2.65. The van der Waals surface area contributed by atoms with Crippen molar-refractivity contribution in [3.8, 4) is 0 Å². The molecule has 4 heteroatoms. The minimum Gasteiger partial charge on any atom is -0.361 e. The van der Waals surface area contributed by atoms with Crippen molar-refractivity contribution in [2.45, 2.75) is 60.9 Å². The topological polar surface area (TPSA) is 12.5 Å². The predicted octanol–water partition coefficient (Wildman–Crippen LogP) is 4.76. The fourth-order valence-electron chi connectivity index (χ4n) is 3.48. The molecule has 5 atom stereocenters.